The number of benzene rings is 3. The van der Waals surface area contributed by atoms with E-state index >= 15 is 0 Å². The van der Waals surface area contributed by atoms with Crippen LogP contribution in [0.4, 0.5) is 5.69 Å². The van der Waals surface area contributed by atoms with Gasteiger partial charge in [0.1, 0.15) is 5.82 Å². The molecule has 0 N–H and O–H groups in total. The predicted molar refractivity (Wildman–Crippen MR) is 196 cm³/mol. The van der Waals surface area contributed by atoms with E-state index in [-0.39, 0.29) is 17.4 Å². The molecule has 3 aromatic carbocycles. The van der Waals surface area contributed by atoms with E-state index in [0.29, 0.717) is 11.8 Å². The number of nitrogens with zero attached hydrogens (tertiary/aromatic N) is 3. The minimum Gasteiger partial charge on any atom is -0.334 e. The van der Waals surface area contributed by atoms with Crippen molar-refractivity contribution in [3.8, 4) is 22.4 Å². The smallest absolute Gasteiger partial charge is 0.136 e. The topological polar surface area (TPSA) is 29.0 Å². The van der Waals surface area contributed by atoms with Crippen LogP contribution in [0.25, 0.3) is 22.4 Å². The summed E-state index contributed by atoms with van der Waals surface area (Å²) in [5.41, 5.74) is 12.6. The van der Waals surface area contributed by atoms with Gasteiger partial charge in [-0.05, 0) is 58.9 Å². The highest BCUT2D eigenvalue weighted by molar-refractivity contribution is 5.86. The molecule has 1 aliphatic heterocycles. The Morgan fingerprint density at radius 1 is 0.787 bits per heavy atom. The second kappa shape index (κ2) is 11.7. The molecule has 4 aromatic rings. The van der Waals surface area contributed by atoms with E-state index in [1.165, 1.54) is 39.2 Å². The van der Waals surface area contributed by atoms with E-state index in [1.807, 2.05) is 0 Å². The van der Waals surface area contributed by atoms with Crippen LogP contribution in [-0.2, 0) is 11.8 Å². The fraction of sp³-hybridized carbons (Fsp3) is 0.227. The van der Waals surface area contributed by atoms with Crippen molar-refractivity contribution in [2.24, 2.45) is 5.92 Å². The van der Waals surface area contributed by atoms with Gasteiger partial charge in [0.05, 0.1) is 11.7 Å². The number of rotatable bonds is 6. The van der Waals surface area contributed by atoms with Gasteiger partial charge in [-0.2, -0.15) is 0 Å². The van der Waals surface area contributed by atoms with Crippen LogP contribution in [0.5, 0.6) is 0 Å². The number of allylic oxidation sites excluding steroid dienone is 9. The molecular weight excluding hydrogens is 571 g/mol. The van der Waals surface area contributed by atoms with Crippen LogP contribution in [0, 0.1) is 5.92 Å². The van der Waals surface area contributed by atoms with Crippen molar-refractivity contribution in [1.82, 2.24) is 9.97 Å². The first-order valence-electron chi connectivity index (χ1n) is 17.0. The molecular formula is C44H41N3. The van der Waals surface area contributed by atoms with Crippen LogP contribution in [0.3, 0.4) is 0 Å². The van der Waals surface area contributed by atoms with E-state index in [0.717, 1.165) is 29.2 Å². The van der Waals surface area contributed by atoms with Crippen molar-refractivity contribution < 1.29 is 0 Å². The van der Waals surface area contributed by atoms with E-state index in [2.05, 4.69) is 172 Å². The molecule has 4 unspecified atom stereocenters. The van der Waals surface area contributed by atoms with E-state index in [4.69, 9.17) is 9.97 Å². The number of hydrogen-bond acceptors (Lipinski definition) is 3. The lowest BCUT2D eigenvalue weighted by Gasteiger charge is -2.29. The first kappa shape index (κ1) is 29.4. The zero-order valence-corrected chi connectivity index (χ0v) is 27.6. The SMILES string of the molecule is C/C=C(\C=C/Cc1cc(-c2ccccc2)nc(C2C=CC=CC2C)n1)N1c2cc3c(cc2C2C=CC=CC21)C(C)(C)c1ccccc1-3. The number of fused-ring (bicyclic) bond motifs is 6. The summed E-state index contributed by atoms with van der Waals surface area (Å²) in [6, 6.07) is 26.8. The number of aromatic nitrogens is 2. The lowest BCUT2D eigenvalue weighted by molar-refractivity contribution is 0.600. The highest BCUT2D eigenvalue weighted by atomic mass is 15.2. The molecule has 0 saturated heterocycles. The molecule has 1 aromatic heterocycles. The Bertz CT molecular complexity index is 2040. The van der Waals surface area contributed by atoms with Gasteiger partial charge in [0.25, 0.3) is 0 Å². The largest absolute Gasteiger partial charge is 0.334 e. The second-order valence-electron chi connectivity index (χ2n) is 13.7. The van der Waals surface area contributed by atoms with Gasteiger partial charge in [0, 0.05) is 46.3 Å². The van der Waals surface area contributed by atoms with Gasteiger partial charge >= 0.3 is 0 Å². The van der Waals surface area contributed by atoms with Crippen LogP contribution >= 0.6 is 0 Å². The van der Waals surface area contributed by atoms with Gasteiger partial charge in [-0.25, -0.2) is 9.97 Å². The quantitative estimate of drug-likeness (QED) is 0.203. The van der Waals surface area contributed by atoms with Crippen molar-refractivity contribution in [1.29, 1.82) is 0 Å². The summed E-state index contributed by atoms with van der Waals surface area (Å²) in [7, 11) is 0. The van der Waals surface area contributed by atoms with Crippen LogP contribution in [0.2, 0.25) is 0 Å². The van der Waals surface area contributed by atoms with Gasteiger partial charge in [0.15, 0.2) is 0 Å². The molecule has 0 saturated carbocycles. The van der Waals surface area contributed by atoms with Crippen molar-refractivity contribution >= 4 is 5.69 Å². The molecule has 47 heavy (non-hydrogen) atoms. The zero-order valence-electron chi connectivity index (χ0n) is 27.6. The van der Waals surface area contributed by atoms with Gasteiger partial charge in [-0.3, -0.25) is 0 Å². The average molecular weight is 612 g/mol. The van der Waals surface area contributed by atoms with Gasteiger partial charge < -0.3 is 4.90 Å². The summed E-state index contributed by atoms with van der Waals surface area (Å²) < 4.78 is 0. The monoisotopic (exact) mass is 611 g/mol. The maximum Gasteiger partial charge on any atom is 0.136 e. The van der Waals surface area contributed by atoms with E-state index in [1.54, 1.807) is 0 Å². The maximum atomic E-state index is 5.13. The summed E-state index contributed by atoms with van der Waals surface area (Å²) in [5.74, 6) is 1.73. The first-order valence-corrected chi connectivity index (χ1v) is 17.0. The van der Waals surface area contributed by atoms with E-state index < -0.39 is 0 Å². The fourth-order valence-corrected chi connectivity index (χ4v) is 8.01. The fourth-order valence-electron chi connectivity index (χ4n) is 8.01. The standard InChI is InChI=1S/C44H41N3/c1-5-32(20-15-19-31-26-40(30-17-7-6-8-18-30)46-43(45-31)33-21-10-9-16-29(33)2)47-41-25-14-12-23-35(41)37-27-39-36(28-42(37)47)34-22-11-13-24-38(34)44(39,3)4/h5-18,20-29,33,35,41H,19H2,1-4H3/b20-15-,32-5+. The maximum absolute atomic E-state index is 5.13. The molecule has 0 amide bonds. The third kappa shape index (κ3) is 4.97. The zero-order chi connectivity index (χ0) is 32.1. The summed E-state index contributed by atoms with van der Waals surface area (Å²) in [5, 5.41) is 0. The molecule has 0 bridgehead atoms. The molecule has 232 valence electrons. The average Bonchev–Trinajstić information content (AvgIpc) is 3.54. The molecule has 4 aliphatic rings. The van der Waals surface area contributed by atoms with E-state index in [9.17, 15) is 0 Å². The molecule has 4 atom stereocenters. The summed E-state index contributed by atoms with van der Waals surface area (Å²) >= 11 is 0. The first-order chi connectivity index (χ1) is 22.9. The highest BCUT2D eigenvalue weighted by Gasteiger charge is 2.42. The molecule has 2 heterocycles. The van der Waals surface area contributed by atoms with Crippen molar-refractivity contribution in [3.05, 3.63) is 174 Å². The van der Waals surface area contributed by atoms with Crippen LogP contribution in [0.1, 0.15) is 67.7 Å². The third-order valence-corrected chi connectivity index (χ3v) is 10.5. The molecule has 0 radical (unpaired) electrons. The Morgan fingerprint density at radius 2 is 1.53 bits per heavy atom. The Balaban J connectivity index is 1.15. The Morgan fingerprint density at radius 3 is 2.34 bits per heavy atom. The molecule has 0 spiro atoms. The minimum absolute atomic E-state index is 0.0160. The van der Waals surface area contributed by atoms with Crippen molar-refractivity contribution in [2.45, 2.75) is 57.4 Å². The number of anilines is 1. The van der Waals surface area contributed by atoms with Crippen molar-refractivity contribution in [3.63, 3.8) is 0 Å². The molecule has 3 heteroatoms. The lowest BCUT2D eigenvalue weighted by atomic mass is 9.80. The Labute approximate surface area is 279 Å². The highest BCUT2D eigenvalue weighted by Crippen LogP contribution is 2.55. The predicted octanol–water partition coefficient (Wildman–Crippen LogP) is 10.4. The van der Waals surface area contributed by atoms with Crippen LogP contribution in [-0.4, -0.2) is 16.0 Å². The Hall–Kier alpha value is -5.02. The van der Waals surface area contributed by atoms with Crippen LogP contribution < -0.4 is 4.90 Å². The van der Waals surface area contributed by atoms with Gasteiger partial charge in [-0.15, -0.1) is 0 Å². The molecule has 3 aliphatic carbocycles. The van der Waals surface area contributed by atoms with Crippen molar-refractivity contribution in [2.75, 3.05) is 4.90 Å². The minimum atomic E-state index is -0.0160. The Kier molecular flexibility index (Phi) is 7.28. The third-order valence-electron chi connectivity index (χ3n) is 10.5. The molecule has 8 rings (SSSR count). The molecule has 3 nitrogen and oxygen atoms in total. The van der Waals surface area contributed by atoms with Gasteiger partial charge in [0.2, 0.25) is 0 Å². The molecule has 0 fully saturated rings. The normalized spacial score (nSPS) is 23.2. The summed E-state index contributed by atoms with van der Waals surface area (Å²) in [6.07, 6.45) is 25.4. The lowest BCUT2D eigenvalue weighted by Crippen LogP contribution is -2.31. The second-order valence-corrected chi connectivity index (χ2v) is 13.7. The summed E-state index contributed by atoms with van der Waals surface area (Å²) in [6.45, 7) is 9.14. The number of hydrogen-bond donors (Lipinski definition) is 0. The van der Waals surface area contributed by atoms with Crippen LogP contribution in [0.15, 0.2) is 145 Å². The summed E-state index contributed by atoms with van der Waals surface area (Å²) in [4.78, 5) is 12.7. The van der Waals surface area contributed by atoms with Gasteiger partial charge in [-0.1, -0.05) is 142 Å².